The lowest BCUT2D eigenvalue weighted by Crippen LogP contribution is -2.47. The van der Waals surface area contributed by atoms with E-state index < -0.39 is 30.6 Å². The second-order valence-electron chi connectivity index (χ2n) is 6.66. The molecule has 2 aromatic rings. The third-order valence-electron chi connectivity index (χ3n) is 4.02. The average molecular weight is 418 g/mol. The number of anilines is 1. The maximum Gasteiger partial charge on any atom is 0.329 e. The number of hydrogen-bond acceptors (Lipinski definition) is 4. The second-order valence-corrected chi connectivity index (χ2v) is 7.07. The summed E-state index contributed by atoms with van der Waals surface area (Å²) < 4.78 is 5.07. The Bertz CT molecular complexity index is 843. The Balaban J connectivity index is 1.81. The van der Waals surface area contributed by atoms with Gasteiger partial charge in [-0.2, -0.15) is 0 Å². The van der Waals surface area contributed by atoms with E-state index in [1.807, 2.05) is 12.1 Å². The van der Waals surface area contributed by atoms with E-state index >= 15 is 0 Å². The van der Waals surface area contributed by atoms with Crippen LogP contribution in [0.5, 0.6) is 0 Å². The van der Waals surface area contributed by atoms with Crippen molar-refractivity contribution in [3.8, 4) is 0 Å². The van der Waals surface area contributed by atoms with Gasteiger partial charge in [-0.25, -0.2) is 9.59 Å². The number of benzene rings is 2. The molecule has 0 aliphatic carbocycles. The highest BCUT2D eigenvalue weighted by Crippen LogP contribution is 2.14. The number of esters is 1. The molecule has 7 nitrogen and oxygen atoms in total. The summed E-state index contributed by atoms with van der Waals surface area (Å²) in [5.74, 6) is -1.37. The SMILES string of the molecule is CC(C)[C@@H](NC(=O)Nc1ccccc1)C(=O)OCC(=O)NCc1ccccc1Cl. The minimum atomic E-state index is -0.893. The molecule has 0 aliphatic rings. The molecule has 0 fully saturated rings. The molecule has 2 aromatic carbocycles. The lowest BCUT2D eigenvalue weighted by atomic mass is 10.1. The topological polar surface area (TPSA) is 96.5 Å². The van der Waals surface area contributed by atoms with Gasteiger partial charge in [0.2, 0.25) is 0 Å². The number of rotatable bonds is 8. The molecule has 154 valence electrons. The predicted octanol–water partition coefficient (Wildman–Crippen LogP) is 3.35. The minimum absolute atomic E-state index is 0.224. The van der Waals surface area contributed by atoms with Crippen LogP contribution in [-0.2, 0) is 20.9 Å². The zero-order valence-electron chi connectivity index (χ0n) is 16.3. The fraction of sp³-hybridized carbons (Fsp3) is 0.286. The molecule has 0 heterocycles. The zero-order valence-corrected chi connectivity index (χ0v) is 17.0. The summed E-state index contributed by atoms with van der Waals surface area (Å²) in [6, 6.07) is 14.5. The van der Waals surface area contributed by atoms with Gasteiger partial charge in [0.25, 0.3) is 5.91 Å². The first-order valence-corrected chi connectivity index (χ1v) is 9.54. The molecular weight excluding hydrogens is 394 g/mol. The van der Waals surface area contributed by atoms with Crippen molar-refractivity contribution in [1.29, 1.82) is 0 Å². The first-order chi connectivity index (χ1) is 13.9. The fourth-order valence-electron chi connectivity index (χ4n) is 2.44. The Kier molecular flexibility index (Phi) is 8.48. The van der Waals surface area contributed by atoms with Crippen molar-refractivity contribution in [3.05, 3.63) is 65.2 Å². The molecule has 0 radical (unpaired) electrons. The van der Waals surface area contributed by atoms with Crippen molar-refractivity contribution in [1.82, 2.24) is 10.6 Å². The Labute approximate surface area is 174 Å². The fourth-order valence-corrected chi connectivity index (χ4v) is 2.64. The maximum absolute atomic E-state index is 12.3. The normalized spacial score (nSPS) is 11.4. The summed E-state index contributed by atoms with van der Waals surface area (Å²) >= 11 is 6.04. The van der Waals surface area contributed by atoms with Crippen LogP contribution in [-0.4, -0.2) is 30.6 Å². The molecule has 29 heavy (non-hydrogen) atoms. The third kappa shape index (κ3) is 7.46. The molecule has 8 heteroatoms. The lowest BCUT2D eigenvalue weighted by molar-refractivity contribution is -0.151. The van der Waals surface area contributed by atoms with Crippen molar-refractivity contribution < 1.29 is 19.1 Å². The van der Waals surface area contributed by atoms with E-state index in [-0.39, 0.29) is 12.5 Å². The molecule has 1 atom stereocenters. The molecule has 3 amide bonds. The molecule has 0 saturated heterocycles. The number of hydrogen-bond donors (Lipinski definition) is 3. The van der Waals surface area contributed by atoms with Gasteiger partial charge in [-0.3, -0.25) is 4.79 Å². The van der Waals surface area contributed by atoms with Crippen LogP contribution in [0, 0.1) is 5.92 Å². The van der Waals surface area contributed by atoms with Crippen molar-refractivity contribution >= 4 is 35.2 Å². The van der Waals surface area contributed by atoms with Crippen LogP contribution >= 0.6 is 11.6 Å². The van der Waals surface area contributed by atoms with Crippen LogP contribution in [0.4, 0.5) is 10.5 Å². The largest absolute Gasteiger partial charge is 0.454 e. The van der Waals surface area contributed by atoms with E-state index in [1.165, 1.54) is 0 Å². The van der Waals surface area contributed by atoms with Gasteiger partial charge < -0.3 is 20.7 Å². The number of para-hydroxylation sites is 1. The molecule has 3 N–H and O–H groups in total. The van der Waals surface area contributed by atoms with Crippen LogP contribution in [0.15, 0.2) is 54.6 Å². The van der Waals surface area contributed by atoms with Crippen LogP contribution in [0.2, 0.25) is 5.02 Å². The summed E-state index contributed by atoms with van der Waals surface area (Å²) in [5.41, 5.74) is 1.35. The van der Waals surface area contributed by atoms with Gasteiger partial charge in [-0.1, -0.05) is 61.8 Å². The molecule has 0 spiro atoms. The van der Waals surface area contributed by atoms with Gasteiger partial charge in [-0.15, -0.1) is 0 Å². The molecule has 2 rings (SSSR count). The van der Waals surface area contributed by atoms with Gasteiger partial charge in [-0.05, 0) is 29.7 Å². The van der Waals surface area contributed by atoms with Gasteiger partial charge in [0.1, 0.15) is 6.04 Å². The number of carbonyl (C=O) groups excluding carboxylic acids is 3. The molecule has 0 aliphatic heterocycles. The Morgan fingerprint density at radius 1 is 1.00 bits per heavy atom. The quantitative estimate of drug-likeness (QED) is 0.574. The Morgan fingerprint density at radius 2 is 1.66 bits per heavy atom. The van der Waals surface area contributed by atoms with Gasteiger partial charge in [0, 0.05) is 17.3 Å². The third-order valence-corrected chi connectivity index (χ3v) is 4.39. The van der Waals surface area contributed by atoms with Crippen LogP contribution in [0.1, 0.15) is 19.4 Å². The molecular formula is C21H24ClN3O4. The van der Waals surface area contributed by atoms with Crippen LogP contribution < -0.4 is 16.0 Å². The lowest BCUT2D eigenvalue weighted by Gasteiger charge is -2.21. The van der Waals surface area contributed by atoms with Crippen LogP contribution in [0.3, 0.4) is 0 Å². The summed E-state index contributed by atoms with van der Waals surface area (Å²) in [4.78, 5) is 36.4. The van der Waals surface area contributed by atoms with E-state index in [0.29, 0.717) is 10.7 Å². The van der Waals surface area contributed by atoms with E-state index in [9.17, 15) is 14.4 Å². The zero-order chi connectivity index (χ0) is 21.2. The highest BCUT2D eigenvalue weighted by Gasteiger charge is 2.26. The summed E-state index contributed by atoms with van der Waals surface area (Å²) in [7, 11) is 0. The van der Waals surface area contributed by atoms with Crippen molar-refractivity contribution in [3.63, 3.8) is 0 Å². The standard InChI is InChI=1S/C21H24ClN3O4/c1-14(2)19(25-21(28)24-16-9-4-3-5-10-16)20(27)29-13-18(26)23-12-15-8-6-7-11-17(15)22/h3-11,14,19H,12-13H2,1-2H3,(H,23,26)(H2,24,25,28)/t19-/m1/s1. The number of amides is 3. The molecule has 0 aromatic heterocycles. The highest BCUT2D eigenvalue weighted by atomic mass is 35.5. The van der Waals surface area contributed by atoms with Gasteiger partial charge >= 0.3 is 12.0 Å². The number of urea groups is 1. The molecule has 0 saturated carbocycles. The van der Waals surface area contributed by atoms with Crippen molar-refractivity contribution in [2.24, 2.45) is 5.92 Å². The second kappa shape index (κ2) is 11.1. The van der Waals surface area contributed by atoms with Crippen molar-refractivity contribution in [2.75, 3.05) is 11.9 Å². The van der Waals surface area contributed by atoms with E-state index in [2.05, 4.69) is 16.0 Å². The van der Waals surface area contributed by atoms with E-state index in [4.69, 9.17) is 16.3 Å². The van der Waals surface area contributed by atoms with E-state index in [0.717, 1.165) is 5.56 Å². The summed E-state index contributed by atoms with van der Waals surface area (Å²) in [6.07, 6.45) is 0. The highest BCUT2D eigenvalue weighted by molar-refractivity contribution is 6.31. The number of nitrogens with one attached hydrogen (secondary N) is 3. The summed E-state index contributed by atoms with van der Waals surface area (Å²) in [5, 5.41) is 8.40. The molecule has 0 unspecified atom stereocenters. The molecule has 0 bridgehead atoms. The Hall–Kier alpha value is -3.06. The smallest absolute Gasteiger partial charge is 0.329 e. The predicted molar refractivity (Wildman–Crippen MR) is 111 cm³/mol. The Morgan fingerprint density at radius 3 is 2.31 bits per heavy atom. The van der Waals surface area contributed by atoms with E-state index in [1.54, 1.807) is 56.3 Å². The number of ether oxygens (including phenoxy) is 1. The van der Waals surface area contributed by atoms with Crippen molar-refractivity contribution in [2.45, 2.75) is 26.4 Å². The summed E-state index contributed by atoms with van der Waals surface area (Å²) in [6.45, 7) is 3.31. The van der Waals surface area contributed by atoms with Crippen LogP contribution in [0.25, 0.3) is 0 Å². The average Bonchev–Trinajstić information content (AvgIpc) is 2.70. The number of carbonyl (C=O) groups is 3. The van der Waals surface area contributed by atoms with Gasteiger partial charge in [0.05, 0.1) is 0 Å². The number of halogens is 1. The van der Waals surface area contributed by atoms with Gasteiger partial charge in [0.15, 0.2) is 6.61 Å². The monoisotopic (exact) mass is 417 g/mol. The first kappa shape index (κ1) is 22.2. The first-order valence-electron chi connectivity index (χ1n) is 9.16. The maximum atomic E-state index is 12.3. The minimum Gasteiger partial charge on any atom is -0.454 e.